The van der Waals surface area contributed by atoms with Crippen LogP contribution in [0.5, 0.6) is 0 Å². The summed E-state index contributed by atoms with van der Waals surface area (Å²) in [4.78, 5) is 7.89. The van der Waals surface area contributed by atoms with E-state index in [1.165, 1.54) is 0 Å². The summed E-state index contributed by atoms with van der Waals surface area (Å²) < 4.78 is 0. The lowest BCUT2D eigenvalue weighted by Crippen LogP contribution is -2.01. The highest BCUT2D eigenvalue weighted by molar-refractivity contribution is 6.43. The third-order valence-electron chi connectivity index (χ3n) is 2.19. The molecule has 18 heavy (non-hydrogen) atoms. The van der Waals surface area contributed by atoms with Crippen molar-refractivity contribution >= 4 is 40.6 Å². The van der Waals surface area contributed by atoms with Crippen molar-refractivity contribution in [1.29, 1.82) is 5.26 Å². The van der Waals surface area contributed by atoms with E-state index in [2.05, 4.69) is 9.97 Å². The molecule has 1 aromatic heterocycles. The molecule has 7 heteroatoms. The highest BCUT2D eigenvalue weighted by Crippen LogP contribution is 2.35. The Bertz CT molecular complexity index is 664. The Morgan fingerprint density at radius 2 is 1.89 bits per heavy atom. The minimum absolute atomic E-state index is 0.0168. The molecule has 2 rings (SSSR count). The molecule has 2 N–H and O–H groups in total. The van der Waals surface area contributed by atoms with Gasteiger partial charge < -0.3 is 5.73 Å². The van der Waals surface area contributed by atoms with Crippen LogP contribution in [-0.2, 0) is 0 Å². The van der Waals surface area contributed by atoms with Crippen LogP contribution in [-0.4, -0.2) is 9.97 Å². The van der Waals surface area contributed by atoms with Gasteiger partial charge in [-0.1, -0.05) is 46.9 Å². The van der Waals surface area contributed by atoms with E-state index in [-0.39, 0.29) is 22.4 Å². The minimum Gasteiger partial charge on any atom is -0.382 e. The fourth-order valence-electron chi connectivity index (χ4n) is 1.38. The highest BCUT2D eigenvalue weighted by Gasteiger charge is 2.15. The fraction of sp³-hybridized carbons (Fsp3) is 0. The Labute approximate surface area is 118 Å². The molecule has 4 nitrogen and oxygen atoms in total. The number of nitrogens with two attached hydrogens (primary N) is 1. The summed E-state index contributed by atoms with van der Waals surface area (Å²) in [6.45, 7) is 0. The smallest absolute Gasteiger partial charge is 0.178 e. The number of benzene rings is 1. The molecule has 0 bridgehead atoms. The van der Waals surface area contributed by atoms with Gasteiger partial charge in [0.15, 0.2) is 16.7 Å². The summed E-state index contributed by atoms with van der Waals surface area (Å²) in [5.41, 5.74) is 6.49. The lowest BCUT2D eigenvalue weighted by atomic mass is 10.1. The summed E-state index contributed by atoms with van der Waals surface area (Å²) in [5.74, 6) is 0.0863. The second kappa shape index (κ2) is 4.99. The van der Waals surface area contributed by atoms with E-state index in [0.29, 0.717) is 15.6 Å². The number of nitriles is 1. The molecule has 0 saturated carbocycles. The lowest BCUT2D eigenvalue weighted by Gasteiger charge is -2.08. The second-order valence-electron chi connectivity index (χ2n) is 3.31. The van der Waals surface area contributed by atoms with Gasteiger partial charge in [-0.15, -0.1) is 0 Å². The van der Waals surface area contributed by atoms with Crippen LogP contribution >= 0.6 is 34.8 Å². The molecule has 0 atom stereocenters. The van der Waals surface area contributed by atoms with Gasteiger partial charge in [-0.3, -0.25) is 0 Å². The molecular weight excluding hydrogens is 295 g/mol. The topological polar surface area (TPSA) is 75.6 Å². The average Bonchev–Trinajstić information content (AvgIpc) is 2.34. The zero-order valence-corrected chi connectivity index (χ0v) is 11.1. The Morgan fingerprint density at radius 1 is 1.17 bits per heavy atom. The maximum atomic E-state index is 8.87. The minimum atomic E-state index is -0.0445. The van der Waals surface area contributed by atoms with E-state index < -0.39 is 0 Å². The molecule has 0 saturated heterocycles. The Kier molecular flexibility index (Phi) is 3.58. The highest BCUT2D eigenvalue weighted by atomic mass is 35.5. The maximum Gasteiger partial charge on any atom is 0.178 e. The molecule has 1 aromatic carbocycles. The summed E-state index contributed by atoms with van der Waals surface area (Å²) >= 11 is 17.7. The van der Waals surface area contributed by atoms with Crippen LogP contribution in [0.4, 0.5) is 5.82 Å². The quantitative estimate of drug-likeness (QED) is 0.873. The van der Waals surface area contributed by atoms with Crippen molar-refractivity contribution in [1.82, 2.24) is 9.97 Å². The van der Waals surface area contributed by atoms with E-state index in [4.69, 9.17) is 45.8 Å². The number of rotatable bonds is 1. The second-order valence-corrected chi connectivity index (χ2v) is 4.45. The number of aromatic nitrogens is 2. The number of nitrogens with zero attached hydrogens (tertiary/aromatic N) is 3. The van der Waals surface area contributed by atoms with Crippen LogP contribution in [0.25, 0.3) is 11.3 Å². The van der Waals surface area contributed by atoms with E-state index in [0.717, 1.165) is 0 Å². The van der Waals surface area contributed by atoms with Gasteiger partial charge in [0, 0.05) is 5.56 Å². The predicted molar refractivity (Wildman–Crippen MR) is 71.6 cm³/mol. The van der Waals surface area contributed by atoms with Gasteiger partial charge in [0.05, 0.1) is 10.0 Å². The Hall–Kier alpha value is -1.54. The summed E-state index contributed by atoms with van der Waals surface area (Å²) in [7, 11) is 0. The normalized spacial score (nSPS) is 10.1. The van der Waals surface area contributed by atoms with E-state index >= 15 is 0 Å². The predicted octanol–water partition coefficient (Wildman–Crippen LogP) is 3.56. The molecule has 0 radical (unpaired) electrons. The number of hydrogen-bond acceptors (Lipinski definition) is 4. The first-order valence-electron chi connectivity index (χ1n) is 4.72. The van der Waals surface area contributed by atoms with Gasteiger partial charge in [0.25, 0.3) is 0 Å². The lowest BCUT2D eigenvalue weighted by molar-refractivity contribution is 1.18. The van der Waals surface area contributed by atoms with Crippen LogP contribution in [0.15, 0.2) is 18.2 Å². The molecule has 1 heterocycles. The Balaban J connectivity index is 2.72. The molecule has 90 valence electrons. The van der Waals surface area contributed by atoms with E-state index in [1.807, 2.05) is 6.07 Å². The summed E-state index contributed by atoms with van der Waals surface area (Å²) in [6.07, 6.45) is 0. The summed E-state index contributed by atoms with van der Waals surface area (Å²) in [6, 6.07) is 6.85. The summed E-state index contributed by atoms with van der Waals surface area (Å²) in [5, 5.41) is 9.49. The molecule has 0 fully saturated rings. The van der Waals surface area contributed by atoms with E-state index in [9.17, 15) is 0 Å². The van der Waals surface area contributed by atoms with Crippen molar-refractivity contribution < 1.29 is 0 Å². The third-order valence-corrected chi connectivity index (χ3v) is 3.28. The van der Waals surface area contributed by atoms with Crippen molar-refractivity contribution in [3.8, 4) is 17.3 Å². The molecular formula is C11H5Cl3N4. The molecule has 0 aliphatic carbocycles. The van der Waals surface area contributed by atoms with Crippen LogP contribution in [0.2, 0.25) is 15.2 Å². The largest absolute Gasteiger partial charge is 0.382 e. The molecule has 0 spiro atoms. The van der Waals surface area contributed by atoms with Crippen molar-refractivity contribution in [2.24, 2.45) is 0 Å². The number of halogens is 3. The zero-order valence-electron chi connectivity index (χ0n) is 8.78. The first-order valence-corrected chi connectivity index (χ1v) is 5.85. The fourth-order valence-corrected chi connectivity index (χ4v) is 1.95. The number of hydrogen-bond donors (Lipinski definition) is 1. The molecule has 2 aromatic rings. The molecule has 0 amide bonds. The standard InChI is InChI=1S/C11H5Cl3N4/c12-6-3-1-2-5(8(6)13)9-11(16)18-10(14)7(4-15)17-9/h1-3H,(H2,16,18). The monoisotopic (exact) mass is 298 g/mol. The number of anilines is 1. The van der Waals surface area contributed by atoms with Crippen LogP contribution < -0.4 is 5.73 Å². The third kappa shape index (κ3) is 2.21. The van der Waals surface area contributed by atoms with E-state index in [1.54, 1.807) is 18.2 Å². The van der Waals surface area contributed by atoms with Gasteiger partial charge in [0.2, 0.25) is 0 Å². The van der Waals surface area contributed by atoms with Crippen LogP contribution in [0, 0.1) is 11.3 Å². The first kappa shape index (κ1) is 12.9. The van der Waals surface area contributed by atoms with Crippen molar-refractivity contribution in [3.63, 3.8) is 0 Å². The van der Waals surface area contributed by atoms with Gasteiger partial charge in [-0.05, 0) is 6.07 Å². The SMILES string of the molecule is N#Cc1nc(-c2cccc(Cl)c2Cl)c(N)nc1Cl. The molecule has 0 aliphatic rings. The van der Waals surface area contributed by atoms with Crippen LogP contribution in [0.3, 0.4) is 0 Å². The van der Waals surface area contributed by atoms with Gasteiger partial charge >= 0.3 is 0 Å². The first-order chi connectivity index (χ1) is 8.54. The number of nitrogen functional groups attached to an aromatic ring is 1. The van der Waals surface area contributed by atoms with Crippen molar-refractivity contribution in [3.05, 3.63) is 39.1 Å². The van der Waals surface area contributed by atoms with Crippen LogP contribution in [0.1, 0.15) is 5.69 Å². The van der Waals surface area contributed by atoms with Crippen molar-refractivity contribution in [2.75, 3.05) is 5.73 Å². The zero-order chi connectivity index (χ0) is 13.3. The van der Waals surface area contributed by atoms with Gasteiger partial charge in [0.1, 0.15) is 11.8 Å². The Morgan fingerprint density at radius 3 is 2.56 bits per heavy atom. The van der Waals surface area contributed by atoms with Gasteiger partial charge in [-0.2, -0.15) is 5.26 Å². The molecule has 0 aliphatic heterocycles. The average molecular weight is 300 g/mol. The molecule has 0 unspecified atom stereocenters. The van der Waals surface area contributed by atoms with Crippen molar-refractivity contribution in [2.45, 2.75) is 0 Å². The van der Waals surface area contributed by atoms with Gasteiger partial charge in [-0.25, -0.2) is 9.97 Å². The maximum absolute atomic E-state index is 8.87.